The Hall–Kier alpha value is -2.95. The van der Waals surface area contributed by atoms with Crippen LogP contribution < -0.4 is 10.1 Å². The molecule has 1 saturated heterocycles. The first-order valence-electron chi connectivity index (χ1n) is 9.73. The summed E-state index contributed by atoms with van der Waals surface area (Å²) in [6.45, 7) is 2.16. The zero-order valence-corrected chi connectivity index (χ0v) is 19.4. The fourth-order valence-corrected chi connectivity index (χ4v) is 5.25. The minimum absolute atomic E-state index is 0.0269. The zero-order chi connectivity index (χ0) is 22.8. The number of hydrogen-bond acceptors (Lipinski definition) is 6. The van der Waals surface area contributed by atoms with E-state index < -0.39 is 4.92 Å². The first kappa shape index (κ1) is 22.3. The Morgan fingerprint density at radius 3 is 2.44 bits per heavy atom. The van der Waals surface area contributed by atoms with Crippen LogP contribution >= 0.6 is 35.2 Å². The number of non-ortho nitro benzene ring substituents is 1. The number of amides is 1. The van der Waals surface area contributed by atoms with Crippen LogP contribution in [0.15, 0.2) is 42.5 Å². The largest absolute Gasteiger partial charge is 0.497 e. The van der Waals surface area contributed by atoms with Gasteiger partial charge in [-0.3, -0.25) is 14.9 Å². The van der Waals surface area contributed by atoms with E-state index >= 15 is 0 Å². The number of fused-ring (bicyclic) bond motifs is 1. The van der Waals surface area contributed by atoms with Gasteiger partial charge in [0.2, 0.25) is 0 Å². The molecule has 2 heterocycles. The monoisotopic (exact) mass is 490 g/mol. The van der Waals surface area contributed by atoms with E-state index in [9.17, 15) is 14.9 Å². The Morgan fingerprint density at radius 1 is 1.16 bits per heavy atom. The SMILES string of the molecule is COc1ccc(NC(=S)N2CCN(C(=O)c3sc4cc([N+](=O)[O-])ccc4c3Cl)CC2)cc1. The number of nitrogens with zero attached hydrogens (tertiary/aromatic N) is 3. The number of carbonyl (C=O) groups is 1. The Bertz CT molecular complexity index is 1190. The molecule has 11 heteroatoms. The topological polar surface area (TPSA) is 88.0 Å². The molecule has 1 aliphatic rings. The maximum Gasteiger partial charge on any atom is 0.270 e. The van der Waals surface area contributed by atoms with Gasteiger partial charge in [0, 0.05) is 54.1 Å². The fraction of sp³-hybridized carbons (Fsp3) is 0.238. The number of piperazine rings is 1. The number of nitro benzene ring substituents is 1. The summed E-state index contributed by atoms with van der Waals surface area (Å²) in [7, 11) is 1.61. The van der Waals surface area contributed by atoms with Gasteiger partial charge >= 0.3 is 0 Å². The molecule has 8 nitrogen and oxygen atoms in total. The molecule has 0 saturated carbocycles. The van der Waals surface area contributed by atoms with E-state index in [4.69, 9.17) is 28.6 Å². The van der Waals surface area contributed by atoms with Crippen LogP contribution in [0.1, 0.15) is 9.67 Å². The Balaban J connectivity index is 1.40. The number of carbonyl (C=O) groups excluding carboxylic acids is 1. The van der Waals surface area contributed by atoms with Gasteiger partial charge in [-0.05, 0) is 42.5 Å². The Labute approximate surface area is 198 Å². The van der Waals surface area contributed by atoms with Crippen LogP contribution in [0.2, 0.25) is 5.02 Å². The quantitative estimate of drug-likeness (QED) is 0.324. The molecule has 166 valence electrons. The number of halogens is 1. The van der Waals surface area contributed by atoms with Crippen molar-refractivity contribution in [1.29, 1.82) is 0 Å². The molecule has 32 heavy (non-hydrogen) atoms. The number of thiophene rings is 1. The Morgan fingerprint density at radius 2 is 1.81 bits per heavy atom. The van der Waals surface area contributed by atoms with Crippen molar-refractivity contribution in [3.63, 3.8) is 0 Å². The number of rotatable bonds is 4. The highest BCUT2D eigenvalue weighted by Crippen LogP contribution is 2.38. The van der Waals surface area contributed by atoms with Crippen molar-refractivity contribution in [2.45, 2.75) is 0 Å². The summed E-state index contributed by atoms with van der Waals surface area (Å²) in [6.07, 6.45) is 0. The minimum atomic E-state index is -0.462. The average Bonchev–Trinajstić information content (AvgIpc) is 3.15. The molecule has 0 bridgehead atoms. The molecule has 3 aromatic rings. The van der Waals surface area contributed by atoms with Crippen molar-refractivity contribution in [1.82, 2.24) is 9.80 Å². The van der Waals surface area contributed by atoms with Gasteiger partial charge < -0.3 is 19.9 Å². The van der Waals surface area contributed by atoms with E-state index in [0.29, 0.717) is 51.3 Å². The van der Waals surface area contributed by atoms with Crippen LogP contribution in [0.5, 0.6) is 5.75 Å². The fourth-order valence-electron chi connectivity index (χ4n) is 3.44. The smallest absolute Gasteiger partial charge is 0.270 e. The van der Waals surface area contributed by atoms with E-state index in [1.807, 2.05) is 29.2 Å². The maximum atomic E-state index is 13.1. The summed E-state index contributed by atoms with van der Waals surface area (Å²) in [5, 5.41) is 15.8. The van der Waals surface area contributed by atoms with Crippen molar-refractivity contribution in [3.8, 4) is 5.75 Å². The van der Waals surface area contributed by atoms with Gasteiger partial charge in [-0.25, -0.2) is 0 Å². The van der Waals surface area contributed by atoms with Crippen LogP contribution in [0.25, 0.3) is 10.1 Å². The molecule has 2 aromatic carbocycles. The summed E-state index contributed by atoms with van der Waals surface area (Å²) in [5.41, 5.74) is 0.835. The molecular formula is C21H19ClN4O4S2. The highest BCUT2D eigenvalue weighted by atomic mass is 35.5. The van der Waals surface area contributed by atoms with Gasteiger partial charge in [-0.1, -0.05) is 11.6 Å². The van der Waals surface area contributed by atoms with E-state index in [1.165, 1.54) is 23.5 Å². The standard InChI is InChI=1S/C21H19ClN4O4S2/c1-30-15-5-2-13(3-6-15)23-21(31)25-10-8-24(9-11-25)20(27)19-18(22)16-7-4-14(26(28)29)12-17(16)32-19/h2-7,12H,8-11H2,1H3,(H,23,31). The normalized spacial score (nSPS) is 13.8. The highest BCUT2D eigenvalue weighted by Gasteiger charge is 2.27. The van der Waals surface area contributed by atoms with Gasteiger partial charge in [0.25, 0.3) is 11.6 Å². The molecule has 0 radical (unpaired) electrons. The molecule has 1 aliphatic heterocycles. The van der Waals surface area contributed by atoms with Gasteiger partial charge in [-0.2, -0.15) is 0 Å². The third-order valence-corrected chi connectivity index (χ3v) is 7.22. The lowest BCUT2D eigenvalue weighted by atomic mass is 10.2. The van der Waals surface area contributed by atoms with Gasteiger partial charge in [0.05, 0.1) is 17.1 Å². The number of anilines is 1. The van der Waals surface area contributed by atoms with Gasteiger partial charge in [0.15, 0.2) is 5.11 Å². The molecular weight excluding hydrogens is 472 g/mol. The van der Waals surface area contributed by atoms with Gasteiger partial charge in [0.1, 0.15) is 10.6 Å². The number of methoxy groups -OCH3 is 1. The number of nitro groups is 1. The Kier molecular flexibility index (Phi) is 6.45. The molecule has 0 atom stereocenters. The van der Waals surface area contributed by atoms with Crippen LogP contribution in [-0.2, 0) is 0 Å². The summed E-state index contributed by atoms with van der Waals surface area (Å²) >= 11 is 13.1. The number of ether oxygens (including phenoxy) is 1. The molecule has 1 aromatic heterocycles. The van der Waals surface area contributed by atoms with E-state index in [1.54, 1.807) is 18.1 Å². The summed E-state index contributed by atoms with van der Waals surface area (Å²) in [6, 6.07) is 11.9. The van der Waals surface area contributed by atoms with E-state index in [0.717, 1.165) is 11.4 Å². The highest BCUT2D eigenvalue weighted by molar-refractivity contribution is 7.80. The summed E-state index contributed by atoms with van der Waals surface area (Å²) in [5.74, 6) is 0.593. The summed E-state index contributed by atoms with van der Waals surface area (Å²) < 4.78 is 5.78. The number of hydrogen-bond donors (Lipinski definition) is 1. The molecule has 1 fully saturated rings. The average molecular weight is 491 g/mol. The lowest BCUT2D eigenvalue weighted by Gasteiger charge is -2.36. The molecule has 1 N–H and O–H groups in total. The lowest BCUT2D eigenvalue weighted by molar-refractivity contribution is -0.384. The molecule has 1 amide bonds. The van der Waals surface area contributed by atoms with Crippen molar-refractivity contribution in [3.05, 3.63) is 62.5 Å². The van der Waals surface area contributed by atoms with E-state index in [2.05, 4.69) is 5.32 Å². The predicted octanol–water partition coefficient (Wildman–Crippen LogP) is 4.63. The third kappa shape index (κ3) is 4.47. The maximum absolute atomic E-state index is 13.1. The van der Waals surface area contributed by atoms with Crippen LogP contribution in [0, 0.1) is 10.1 Å². The third-order valence-electron chi connectivity index (χ3n) is 5.21. The molecule has 4 rings (SSSR count). The molecule has 0 spiro atoms. The van der Waals surface area contributed by atoms with Crippen LogP contribution in [-0.4, -0.2) is 59.0 Å². The first-order chi connectivity index (χ1) is 15.4. The van der Waals surface area contributed by atoms with Crippen molar-refractivity contribution in [2.75, 3.05) is 38.6 Å². The van der Waals surface area contributed by atoms with Crippen LogP contribution in [0.3, 0.4) is 0 Å². The molecule has 0 aliphatic carbocycles. The first-order valence-corrected chi connectivity index (χ1v) is 11.3. The second kappa shape index (κ2) is 9.27. The number of nitrogens with one attached hydrogen (secondary N) is 1. The van der Waals surface area contributed by atoms with Crippen molar-refractivity contribution < 1.29 is 14.5 Å². The lowest BCUT2D eigenvalue weighted by Crippen LogP contribution is -2.51. The van der Waals surface area contributed by atoms with Crippen molar-refractivity contribution >= 4 is 67.6 Å². The second-order valence-corrected chi connectivity index (χ2v) is 8.94. The number of benzene rings is 2. The van der Waals surface area contributed by atoms with Crippen LogP contribution in [0.4, 0.5) is 11.4 Å². The summed E-state index contributed by atoms with van der Waals surface area (Å²) in [4.78, 5) is 27.8. The predicted molar refractivity (Wildman–Crippen MR) is 130 cm³/mol. The van der Waals surface area contributed by atoms with Crippen molar-refractivity contribution in [2.24, 2.45) is 0 Å². The zero-order valence-electron chi connectivity index (χ0n) is 17.0. The molecule has 0 unspecified atom stereocenters. The van der Waals surface area contributed by atoms with E-state index in [-0.39, 0.29) is 11.6 Å². The van der Waals surface area contributed by atoms with Gasteiger partial charge in [-0.15, -0.1) is 11.3 Å². The number of thiocarbonyl (C=S) groups is 1. The minimum Gasteiger partial charge on any atom is -0.497 e. The second-order valence-electron chi connectivity index (χ2n) is 7.12.